The molecule has 0 saturated carbocycles. The zero-order chi connectivity index (χ0) is 28.8. The molecule has 0 spiro atoms. The standard InChI is InChI=1S/C30H31N5O7/c36-25-22(13-31-29(38)41-14-21-19-9-3-1-7-17(19)18-8-2-4-10-20(18)21)42-28(30(25,39)23-11-5-6-12-40-23)35-16-34-24-26(35)32-15-33-27(24)37/h1-4,7-10,15-16,21-23,25,28,36,39H,5-6,11-14H2,(H,31,38)(H,32,33,37)/t22-,23?,25-,28-,30-/m1/s1. The number of carbonyl (C=O) groups is 1. The van der Waals surface area contributed by atoms with Gasteiger partial charge in [0, 0.05) is 19.1 Å². The molecule has 2 aromatic heterocycles. The number of rotatable bonds is 6. The molecule has 1 aliphatic carbocycles. The third-order valence-electron chi connectivity index (χ3n) is 8.60. The van der Waals surface area contributed by atoms with Crippen LogP contribution in [0.1, 0.15) is 42.5 Å². The monoisotopic (exact) mass is 573 g/mol. The van der Waals surface area contributed by atoms with E-state index in [0.29, 0.717) is 13.0 Å². The van der Waals surface area contributed by atoms with E-state index in [2.05, 4.69) is 32.4 Å². The lowest BCUT2D eigenvalue weighted by molar-refractivity contribution is -0.197. The number of imidazole rings is 1. The molecule has 4 N–H and O–H groups in total. The van der Waals surface area contributed by atoms with Gasteiger partial charge in [0.05, 0.1) is 12.4 Å². The van der Waals surface area contributed by atoms with E-state index >= 15 is 0 Å². The summed E-state index contributed by atoms with van der Waals surface area (Å²) in [5.74, 6) is -0.412. The van der Waals surface area contributed by atoms with Gasteiger partial charge in [-0.25, -0.2) is 14.8 Å². The summed E-state index contributed by atoms with van der Waals surface area (Å²) < 4.78 is 19.2. The second-order valence-electron chi connectivity index (χ2n) is 10.9. The Morgan fingerprint density at radius 1 is 1.07 bits per heavy atom. The molecule has 12 heteroatoms. The van der Waals surface area contributed by atoms with Gasteiger partial charge in [-0.15, -0.1) is 0 Å². The number of alkyl carbamates (subject to hydrolysis) is 1. The van der Waals surface area contributed by atoms with E-state index in [9.17, 15) is 20.1 Å². The van der Waals surface area contributed by atoms with Crippen LogP contribution in [-0.2, 0) is 14.2 Å². The van der Waals surface area contributed by atoms with Crippen LogP contribution in [0.5, 0.6) is 5.88 Å². The zero-order valence-corrected chi connectivity index (χ0v) is 22.7. The number of hydrogen-bond acceptors (Lipinski definition) is 10. The van der Waals surface area contributed by atoms with E-state index < -0.39 is 36.2 Å². The Kier molecular flexibility index (Phi) is 6.77. The van der Waals surface area contributed by atoms with E-state index in [-0.39, 0.29) is 36.1 Å². The van der Waals surface area contributed by atoms with Crippen LogP contribution in [0.3, 0.4) is 0 Å². The summed E-state index contributed by atoms with van der Waals surface area (Å²) in [4.78, 5) is 25.0. The van der Waals surface area contributed by atoms with Crippen molar-refractivity contribution in [1.82, 2.24) is 24.8 Å². The highest BCUT2D eigenvalue weighted by atomic mass is 16.6. The number of fused-ring (bicyclic) bond motifs is 4. The molecule has 1 unspecified atom stereocenters. The van der Waals surface area contributed by atoms with E-state index in [1.807, 2.05) is 36.4 Å². The Bertz CT molecular complexity index is 1580. The van der Waals surface area contributed by atoms with Gasteiger partial charge in [-0.05, 0) is 41.5 Å². The van der Waals surface area contributed by atoms with Gasteiger partial charge in [-0.1, -0.05) is 48.5 Å². The van der Waals surface area contributed by atoms with Crippen LogP contribution in [0, 0.1) is 0 Å². The molecule has 0 radical (unpaired) electrons. The first-order valence-corrected chi connectivity index (χ1v) is 14.1. The lowest BCUT2D eigenvalue weighted by atomic mass is 9.84. The van der Waals surface area contributed by atoms with Gasteiger partial charge in [0.25, 0.3) is 0 Å². The average Bonchev–Trinajstić information content (AvgIpc) is 3.67. The molecule has 1 amide bonds. The summed E-state index contributed by atoms with van der Waals surface area (Å²) in [7, 11) is 0. The van der Waals surface area contributed by atoms with Crippen molar-refractivity contribution < 1.29 is 34.3 Å². The number of aromatic hydroxyl groups is 1. The Morgan fingerprint density at radius 2 is 1.81 bits per heavy atom. The van der Waals surface area contributed by atoms with E-state index in [0.717, 1.165) is 35.1 Å². The molecule has 12 nitrogen and oxygen atoms in total. The Morgan fingerprint density at radius 3 is 2.52 bits per heavy atom. The minimum absolute atomic E-state index is 0.0951. The molecule has 42 heavy (non-hydrogen) atoms. The van der Waals surface area contributed by atoms with Crippen LogP contribution < -0.4 is 5.32 Å². The third-order valence-corrected chi connectivity index (χ3v) is 8.60. The summed E-state index contributed by atoms with van der Waals surface area (Å²) in [6.45, 7) is 0.444. The summed E-state index contributed by atoms with van der Waals surface area (Å²) in [5.41, 5.74) is 2.92. The lowest BCUT2D eigenvalue weighted by Crippen LogP contribution is -2.57. The van der Waals surface area contributed by atoms with Crippen LogP contribution in [0.25, 0.3) is 22.3 Å². The maximum atomic E-state index is 12.9. The van der Waals surface area contributed by atoms with Gasteiger partial charge in [0.1, 0.15) is 25.1 Å². The van der Waals surface area contributed by atoms with E-state index in [4.69, 9.17) is 14.2 Å². The normalized spacial score (nSPS) is 27.1. The smallest absolute Gasteiger partial charge is 0.407 e. The van der Waals surface area contributed by atoms with Gasteiger partial charge in [-0.2, -0.15) is 4.98 Å². The van der Waals surface area contributed by atoms with Crippen molar-refractivity contribution in [3.63, 3.8) is 0 Å². The number of nitrogens with one attached hydrogen (secondary N) is 1. The number of aliphatic hydroxyl groups is 2. The summed E-state index contributed by atoms with van der Waals surface area (Å²) >= 11 is 0. The highest BCUT2D eigenvalue weighted by Gasteiger charge is 2.61. The Hall–Kier alpha value is -4.10. The van der Waals surface area contributed by atoms with Crippen LogP contribution >= 0.6 is 0 Å². The van der Waals surface area contributed by atoms with Gasteiger partial charge in [0.15, 0.2) is 23.0 Å². The fourth-order valence-corrected chi connectivity index (χ4v) is 6.54. The number of aliphatic hydroxyl groups excluding tert-OH is 1. The van der Waals surface area contributed by atoms with Crippen LogP contribution in [0.15, 0.2) is 61.2 Å². The fourth-order valence-electron chi connectivity index (χ4n) is 6.54. The second kappa shape index (κ2) is 10.6. The number of benzene rings is 2. The molecule has 218 valence electrons. The number of aromatic nitrogens is 4. The molecule has 3 aliphatic rings. The summed E-state index contributed by atoms with van der Waals surface area (Å²) in [5, 5.41) is 36.3. The van der Waals surface area contributed by atoms with Gasteiger partial charge in [-0.3, -0.25) is 4.57 Å². The Labute approximate surface area is 240 Å². The molecule has 4 aromatic rings. The van der Waals surface area contributed by atoms with Gasteiger partial charge < -0.3 is 34.8 Å². The van der Waals surface area contributed by atoms with Crippen molar-refractivity contribution in [2.75, 3.05) is 19.8 Å². The van der Waals surface area contributed by atoms with Gasteiger partial charge >= 0.3 is 6.09 Å². The minimum Gasteiger partial charge on any atom is -0.492 e. The highest BCUT2D eigenvalue weighted by molar-refractivity contribution is 5.79. The molecule has 4 heterocycles. The Balaban J connectivity index is 1.07. The quantitative estimate of drug-likeness (QED) is 0.270. The molecular formula is C30H31N5O7. The van der Waals surface area contributed by atoms with E-state index in [1.54, 1.807) is 0 Å². The maximum Gasteiger partial charge on any atom is 0.407 e. The molecule has 2 aromatic carbocycles. The first-order chi connectivity index (χ1) is 20.5. The number of amides is 1. The van der Waals surface area contributed by atoms with Crippen LogP contribution in [0.2, 0.25) is 0 Å². The minimum atomic E-state index is -1.89. The van der Waals surface area contributed by atoms with Crippen molar-refractivity contribution in [2.45, 2.75) is 55.3 Å². The molecular weight excluding hydrogens is 542 g/mol. The van der Waals surface area contributed by atoms with Crippen molar-refractivity contribution in [1.29, 1.82) is 0 Å². The van der Waals surface area contributed by atoms with Crippen molar-refractivity contribution in [2.24, 2.45) is 0 Å². The molecule has 0 bridgehead atoms. The number of carbonyl (C=O) groups excluding carboxylic acids is 1. The number of nitrogens with zero attached hydrogens (tertiary/aromatic N) is 4. The topological polar surface area (TPSA) is 161 Å². The van der Waals surface area contributed by atoms with Crippen LogP contribution in [-0.4, -0.2) is 84.6 Å². The lowest BCUT2D eigenvalue weighted by Gasteiger charge is -2.40. The highest BCUT2D eigenvalue weighted by Crippen LogP contribution is 2.46. The SMILES string of the molecule is O=C(NC[C@H]1O[C@@H](n2cnc3c(O)ncnc32)[C@@](O)(C2CCCCO2)[C@@H]1O)OCC1c2ccccc2-c2ccccc21. The van der Waals surface area contributed by atoms with Crippen molar-refractivity contribution in [3.8, 4) is 17.0 Å². The average molecular weight is 574 g/mol. The molecule has 2 aliphatic heterocycles. The zero-order valence-electron chi connectivity index (χ0n) is 22.7. The molecule has 2 saturated heterocycles. The first kappa shape index (κ1) is 26.8. The van der Waals surface area contributed by atoms with Gasteiger partial charge in [0.2, 0.25) is 5.88 Å². The first-order valence-electron chi connectivity index (χ1n) is 14.1. The number of ether oxygens (including phenoxy) is 3. The van der Waals surface area contributed by atoms with Crippen LogP contribution in [0.4, 0.5) is 4.79 Å². The van der Waals surface area contributed by atoms with Crippen molar-refractivity contribution >= 4 is 17.3 Å². The molecule has 2 fully saturated rings. The molecule has 7 rings (SSSR count). The summed E-state index contributed by atoms with van der Waals surface area (Å²) in [6.07, 6.45) is -0.293. The maximum absolute atomic E-state index is 12.9. The number of hydrogen-bond donors (Lipinski definition) is 4. The largest absolute Gasteiger partial charge is 0.492 e. The predicted octanol–water partition coefficient (Wildman–Crippen LogP) is 2.63. The van der Waals surface area contributed by atoms with Crippen molar-refractivity contribution in [3.05, 3.63) is 72.3 Å². The summed E-state index contributed by atoms with van der Waals surface area (Å²) in [6, 6.07) is 16.2. The van der Waals surface area contributed by atoms with E-state index in [1.165, 1.54) is 17.2 Å². The fraction of sp³-hybridized carbons (Fsp3) is 0.400. The second-order valence-corrected chi connectivity index (χ2v) is 10.9. The predicted molar refractivity (Wildman–Crippen MR) is 149 cm³/mol. The molecule has 5 atom stereocenters. The third kappa shape index (κ3) is 4.29.